The van der Waals surface area contributed by atoms with Crippen molar-refractivity contribution in [3.63, 3.8) is 0 Å². The van der Waals surface area contributed by atoms with E-state index in [1.165, 1.54) is 12.1 Å². The van der Waals surface area contributed by atoms with Gasteiger partial charge < -0.3 is 19.5 Å². The van der Waals surface area contributed by atoms with Gasteiger partial charge in [0.05, 0.1) is 33.4 Å². The van der Waals surface area contributed by atoms with Gasteiger partial charge in [0.15, 0.2) is 0 Å². The highest BCUT2D eigenvalue weighted by Crippen LogP contribution is 2.40. The Bertz CT molecular complexity index is 897. The molecule has 0 fully saturated rings. The van der Waals surface area contributed by atoms with E-state index in [9.17, 15) is 40.2 Å². The fraction of sp³-hybridized carbons (Fsp3) is 0.133. The zero-order valence-electron chi connectivity index (χ0n) is 13.9. The lowest BCUT2D eigenvalue weighted by Gasteiger charge is -2.25. The summed E-state index contributed by atoms with van der Waals surface area (Å²) in [4.78, 5) is 42.1. The van der Waals surface area contributed by atoms with Crippen molar-refractivity contribution in [2.24, 2.45) is 0 Å². The molecule has 146 valence electrons. The molecule has 13 heteroatoms. The first kappa shape index (κ1) is 20.0. The smallest absolute Gasteiger partial charge is 0.325 e. The molecule has 0 radical (unpaired) electrons. The molecule has 0 spiro atoms. The van der Waals surface area contributed by atoms with Crippen LogP contribution in [-0.4, -0.2) is 34.0 Å². The van der Waals surface area contributed by atoms with Gasteiger partial charge in [-0.1, -0.05) is 18.2 Å². The second-order valence-corrected chi connectivity index (χ2v) is 5.19. The standard InChI is InChI=1S/C15H12N4O9/c20-15(21)16(10-4-2-1-3-5-10)6-7-28-14-12(18(24)25)8-11(17(22)23)9-13(14)19(26)27/h1-5,8-9H,6-7H2,(H,20,21)/p-1. The van der Waals surface area contributed by atoms with Crippen molar-refractivity contribution in [3.05, 3.63) is 72.8 Å². The molecule has 2 aromatic carbocycles. The summed E-state index contributed by atoms with van der Waals surface area (Å²) in [5.74, 6) is -0.813. The number of carboxylic acid groups (broad SMARTS) is 1. The van der Waals surface area contributed by atoms with Gasteiger partial charge in [0.25, 0.3) is 11.4 Å². The number of anilines is 1. The zero-order chi connectivity index (χ0) is 20.8. The number of nitro benzene ring substituents is 3. The van der Waals surface area contributed by atoms with E-state index >= 15 is 0 Å². The Morgan fingerprint density at radius 1 is 0.929 bits per heavy atom. The number of rotatable bonds is 8. The SMILES string of the molecule is O=C([O-])N(CCOc1c([N+](=O)[O-])cc([N+](=O)[O-])cc1[N+](=O)[O-])c1ccccc1. The van der Waals surface area contributed by atoms with Gasteiger partial charge in [0.2, 0.25) is 0 Å². The fourth-order valence-electron chi connectivity index (χ4n) is 2.28. The Hall–Kier alpha value is -4.29. The number of benzene rings is 2. The molecule has 0 bridgehead atoms. The normalized spacial score (nSPS) is 10.1. The summed E-state index contributed by atoms with van der Waals surface area (Å²) < 4.78 is 5.09. The Morgan fingerprint density at radius 2 is 1.46 bits per heavy atom. The van der Waals surface area contributed by atoms with Crippen LogP contribution in [0.5, 0.6) is 5.75 Å². The number of hydrogen-bond donors (Lipinski definition) is 0. The summed E-state index contributed by atoms with van der Waals surface area (Å²) in [5, 5.41) is 44.4. The number of amides is 1. The Kier molecular flexibility index (Phi) is 6.00. The van der Waals surface area contributed by atoms with Gasteiger partial charge in [0.1, 0.15) is 12.7 Å². The third-order valence-electron chi connectivity index (χ3n) is 3.49. The highest BCUT2D eigenvalue weighted by molar-refractivity contribution is 5.84. The van der Waals surface area contributed by atoms with E-state index in [0.717, 1.165) is 4.90 Å². The summed E-state index contributed by atoms with van der Waals surface area (Å²) in [6.07, 6.45) is -1.58. The molecule has 0 saturated carbocycles. The molecule has 0 heterocycles. The lowest BCUT2D eigenvalue weighted by molar-refractivity contribution is -0.404. The summed E-state index contributed by atoms with van der Waals surface area (Å²) in [5.41, 5.74) is -2.59. The molecule has 13 nitrogen and oxygen atoms in total. The summed E-state index contributed by atoms with van der Waals surface area (Å²) in [7, 11) is 0. The lowest BCUT2D eigenvalue weighted by atomic mass is 10.2. The van der Waals surface area contributed by atoms with Crippen LogP contribution in [0, 0.1) is 30.3 Å². The second-order valence-electron chi connectivity index (χ2n) is 5.19. The maximum Gasteiger partial charge on any atom is 0.325 e. The molecule has 28 heavy (non-hydrogen) atoms. The number of para-hydroxylation sites is 1. The highest BCUT2D eigenvalue weighted by atomic mass is 16.6. The van der Waals surface area contributed by atoms with Gasteiger partial charge in [-0.3, -0.25) is 30.3 Å². The Balaban J connectivity index is 2.32. The topological polar surface area (TPSA) is 182 Å². The van der Waals surface area contributed by atoms with Crippen molar-refractivity contribution < 1.29 is 29.4 Å². The zero-order valence-corrected chi connectivity index (χ0v) is 13.9. The first-order valence-electron chi connectivity index (χ1n) is 7.50. The molecule has 1 amide bonds. The summed E-state index contributed by atoms with van der Waals surface area (Å²) in [6, 6.07) is 8.76. The molecule has 0 aliphatic heterocycles. The number of carbonyl (C=O) groups excluding carboxylic acids is 1. The largest absolute Gasteiger partial charge is 0.530 e. The van der Waals surface area contributed by atoms with Crippen LogP contribution in [0.1, 0.15) is 0 Å². The van der Waals surface area contributed by atoms with E-state index in [1.807, 2.05) is 0 Å². The number of non-ortho nitro benzene ring substituents is 1. The predicted octanol–water partition coefficient (Wildman–Crippen LogP) is 1.64. The second kappa shape index (κ2) is 8.39. The maximum atomic E-state index is 11.3. The monoisotopic (exact) mass is 391 g/mol. The summed E-state index contributed by atoms with van der Waals surface area (Å²) in [6.45, 7) is -0.875. The van der Waals surface area contributed by atoms with Crippen LogP contribution in [0.4, 0.5) is 27.5 Å². The lowest BCUT2D eigenvalue weighted by Crippen LogP contribution is -2.43. The minimum atomic E-state index is -1.58. The molecule has 0 aliphatic rings. The Labute approximate surface area is 155 Å². The van der Waals surface area contributed by atoms with Crippen molar-refractivity contribution in [3.8, 4) is 5.75 Å². The maximum absolute atomic E-state index is 11.3. The molecule has 0 aliphatic carbocycles. The van der Waals surface area contributed by atoms with E-state index in [0.29, 0.717) is 12.1 Å². The van der Waals surface area contributed by atoms with Gasteiger partial charge in [-0.2, -0.15) is 0 Å². The molecule has 0 aromatic heterocycles. The molecular formula is C15H11N4O9-. The molecule has 0 N–H and O–H groups in total. The van der Waals surface area contributed by atoms with Gasteiger partial charge in [-0.15, -0.1) is 0 Å². The van der Waals surface area contributed by atoms with Crippen molar-refractivity contribution in [2.45, 2.75) is 0 Å². The van der Waals surface area contributed by atoms with Crippen molar-refractivity contribution in [2.75, 3.05) is 18.1 Å². The van der Waals surface area contributed by atoms with Gasteiger partial charge in [-0.25, -0.2) is 0 Å². The van der Waals surface area contributed by atoms with Gasteiger partial charge in [-0.05, 0) is 12.1 Å². The van der Waals surface area contributed by atoms with E-state index in [2.05, 4.69) is 0 Å². The fourth-order valence-corrected chi connectivity index (χ4v) is 2.28. The first-order valence-corrected chi connectivity index (χ1v) is 7.50. The predicted molar refractivity (Wildman–Crippen MR) is 91.1 cm³/mol. The van der Waals surface area contributed by atoms with E-state index in [4.69, 9.17) is 4.74 Å². The third kappa shape index (κ3) is 4.46. The van der Waals surface area contributed by atoms with Crippen LogP contribution in [0.25, 0.3) is 0 Å². The summed E-state index contributed by atoms with van der Waals surface area (Å²) >= 11 is 0. The van der Waals surface area contributed by atoms with Crippen LogP contribution in [0.2, 0.25) is 0 Å². The molecular weight excluding hydrogens is 380 g/mol. The van der Waals surface area contributed by atoms with E-state index in [1.54, 1.807) is 18.2 Å². The highest BCUT2D eigenvalue weighted by Gasteiger charge is 2.32. The van der Waals surface area contributed by atoms with Crippen LogP contribution in [0.15, 0.2) is 42.5 Å². The average molecular weight is 391 g/mol. The van der Waals surface area contributed by atoms with Crippen LogP contribution >= 0.6 is 0 Å². The molecule has 0 atom stereocenters. The molecule has 2 aromatic rings. The van der Waals surface area contributed by atoms with Crippen LogP contribution in [-0.2, 0) is 0 Å². The van der Waals surface area contributed by atoms with Gasteiger partial charge >= 0.3 is 11.4 Å². The first-order chi connectivity index (χ1) is 13.2. The molecule has 0 saturated heterocycles. The van der Waals surface area contributed by atoms with E-state index < -0.39 is 50.3 Å². The van der Waals surface area contributed by atoms with Crippen molar-refractivity contribution in [1.29, 1.82) is 0 Å². The molecule has 0 unspecified atom stereocenters. The van der Waals surface area contributed by atoms with Crippen molar-refractivity contribution in [1.82, 2.24) is 0 Å². The number of carbonyl (C=O) groups is 1. The van der Waals surface area contributed by atoms with Crippen LogP contribution < -0.4 is 14.7 Å². The number of hydrogen-bond acceptors (Lipinski definition) is 9. The minimum Gasteiger partial charge on any atom is -0.530 e. The third-order valence-corrected chi connectivity index (χ3v) is 3.49. The van der Waals surface area contributed by atoms with Crippen LogP contribution in [0.3, 0.4) is 0 Å². The van der Waals surface area contributed by atoms with Gasteiger partial charge in [0, 0.05) is 5.69 Å². The molecule has 2 rings (SSSR count). The minimum absolute atomic E-state index is 0.235. The number of nitrogens with zero attached hydrogens (tertiary/aromatic N) is 4. The average Bonchev–Trinajstić information content (AvgIpc) is 2.64. The quantitative estimate of drug-likeness (QED) is 0.477. The van der Waals surface area contributed by atoms with E-state index in [-0.39, 0.29) is 12.2 Å². The Morgan fingerprint density at radius 3 is 1.89 bits per heavy atom. The number of nitro groups is 3. The van der Waals surface area contributed by atoms with Crippen molar-refractivity contribution >= 4 is 28.8 Å². The number of ether oxygens (including phenoxy) is 1.